The molecule has 0 fully saturated rings. The van der Waals surface area contributed by atoms with Crippen molar-refractivity contribution in [3.8, 4) is 22.8 Å². The maximum absolute atomic E-state index is 12.3. The molecule has 4 aromatic heterocycles. The van der Waals surface area contributed by atoms with Gasteiger partial charge in [0.2, 0.25) is 0 Å². The average Bonchev–Trinajstić information content (AvgIpc) is 3.23. The lowest BCUT2D eigenvalue weighted by Crippen LogP contribution is -2.28. The molecule has 0 aliphatic heterocycles. The number of methoxy groups -OCH3 is 2. The fraction of sp³-hybridized carbons (Fsp3) is 0.250. The van der Waals surface area contributed by atoms with E-state index in [1.807, 2.05) is 44.3 Å². The van der Waals surface area contributed by atoms with Crippen LogP contribution in [0.25, 0.3) is 16.6 Å². The zero-order valence-electron chi connectivity index (χ0n) is 19.0. The van der Waals surface area contributed by atoms with E-state index in [-0.39, 0.29) is 5.91 Å². The smallest absolute Gasteiger partial charge is 0.269 e. The molecular formula is C24H26N6O3. The lowest BCUT2D eigenvalue weighted by atomic mass is 10.1. The van der Waals surface area contributed by atoms with E-state index in [0.717, 1.165) is 16.6 Å². The molecule has 33 heavy (non-hydrogen) atoms. The van der Waals surface area contributed by atoms with Crippen molar-refractivity contribution in [1.82, 2.24) is 24.9 Å². The molecule has 1 amide bonds. The molecule has 0 unspecified atom stereocenters. The summed E-state index contributed by atoms with van der Waals surface area (Å²) in [4.78, 5) is 21.0. The first-order valence-corrected chi connectivity index (χ1v) is 10.6. The van der Waals surface area contributed by atoms with Crippen LogP contribution in [0.2, 0.25) is 0 Å². The maximum Gasteiger partial charge on any atom is 0.269 e. The number of carbonyl (C=O) groups excluding carboxylic acids is 1. The Hall–Kier alpha value is -4.14. The fourth-order valence-corrected chi connectivity index (χ4v) is 3.27. The second kappa shape index (κ2) is 9.56. The van der Waals surface area contributed by atoms with Crippen molar-refractivity contribution in [2.75, 3.05) is 26.1 Å². The van der Waals surface area contributed by atoms with E-state index in [1.54, 1.807) is 43.1 Å². The molecule has 4 aromatic rings. The molecule has 4 rings (SSSR count). The molecule has 4 heterocycles. The van der Waals surface area contributed by atoms with Gasteiger partial charge in [-0.05, 0) is 41.8 Å². The normalized spacial score (nSPS) is 10.9. The number of rotatable bonds is 8. The van der Waals surface area contributed by atoms with Crippen LogP contribution in [-0.2, 0) is 0 Å². The highest BCUT2D eigenvalue weighted by Gasteiger charge is 2.11. The van der Waals surface area contributed by atoms with Gasteiger partial charge in [0.15, 0.2) is 11.6 Å². The number of aromatic nitrogens is 4. The number of hydrogen-bond donors (Lipinski definition) is 2. The van der Waals surface area contributed by atoms with E-state index in [2.05, 4.69) is 25.7 Å². The molecule has 0 aromatic carbocycles. The quantitative estimate of drug-likeness (QED) is 0.423. The Balaban J connectivity index is 1.55. The summed E-state index contributed by atoms with van der Waals surface area (Å²) in [6, 6.07) is 13.0. The molecular weight excluding hydrogens is 420 g/mol. The monoisotopic (exact) mass is 446 g/mol. The van der Waals surface area contributed by atoms with Crippen LogP contribution < -0.4 is 20.1 Å². The SMILES string of the molecule is COc1cc(-c2ccn3nc(Nc4cccc(C(=O)NCC(C)C)n4)cc3c2)cnc1OC. The zero-order chi connectivity index (χ0) is 23.4. The highest BCUT2D eigenvalue weighted by Crippen LogP contribution is 2.30. The number of fused-ring (bicyclic) bond motifs is 1. The highest BCUT2D eigenvalue weighted by atomic mass is 16.5. The van der Waals surface area contributed by atoms with Crippen LogP contribution in [0.15, 0.2) is 54.9 Å². The number of hydrogen-bond acceptors (Lipinski definition) is 7. The molecule has 0 radical (unpaired) electrons. The van der Waals surface area contributed by atoms with Crippen LogP contribution in [0.3, 0.4) is 0 Å². The molecule has 2 N–H and O–H groups in total. The highest BCUT2D eigenvalue weighted by molar-refractivity contribution is 5.92. The first kappa shape index (κ1) is 22.1. The Morgan fingerprint density at radius 1 is 1.06 bits per heavy atom. The second-order valence-corrected chi connectivity index (χ2v) is 7.89. The summed E-state index contributed by atoms with van der Waals surface area (Å²) >= 11 is 0. The lowest BCUT2D eigenvalue weighted by Gasteiger charge is -2.08. The molecule has 0 aliphatic carbocycles. The van der Waals surface area contributed by atoms with E-state index < -0.39 is 0 Å². The number of ether oxygens (including phenoxy) is 2. The van der Waals surface area contributed by atoms with Crippen molar-refractivity contribution in [2.24, 2.45) is 5.92 Å². The van der Waals surface area contributed by atoms with Crippen LogP contribution in [0.1, 0.15) is 24.3 Å². The Bertz CT molecular complexity index is 1280. The standard InChI is InChI=1S/C24H26N6O3/c1-15(2)13-25-23(31)19-6-5-7-21(27-19)28-22-12-18-10-16(8-9-30(18)29-22)17-11-20(32-3)24(33-4)26-14-17/h5-12,14-15H,13H2,1-4H3,(H,25,31)(H,27,28,29). The van der Waals surface area contributed by atoms with Gasteiger partial charge in [-0.15, -0.1) is 0 Å². The third kappa shape index (κ3) is 5.03. The van der Waals surface area contributed by atoms with E-state index in [0.29, 0.717) is 41.4 Å². The van der Waals surface area contributed by atoms with Crippen LogP contribution in [0, 0.1) is 5.92 Å². The van der Waals surface area contributed by atoms with Gasteiger partial charge < -0.3 is 20.1 Å². The molecule has 0 saturated heterocycles. The first-order valence-electron chi connectivity index (χ1n) is 10.6. The number of carbonyl (C=O) groups is 1. The summed E-state index contributed by atoms with van der Waals surface area (Å²) in [5.41, 5.74) is 3.10. The first-order chi connectivity index (χ1) is 16.0. The van der Waals surface area contributed by atoms with E-state index >= 15 is 0 Å². The van der Waals surface area contributed by atoms with Gasteiger partial charge in [-0.25, -0.2) is 14.5 Å². The number of pyridine rings is 3. The third-order valence-electron chi connectivity index (χ3n) is 4.94. The van der Waals surface area contributed by atoms with Crippen molar-refractivity contribution in [3.63, 3.8) is 0 Å². The number of amides is 1. The van der Waals surface area contributed by atoms with Crippen LogP contribution >= 0.6 is 0 Å². The van der Waals surface area contributed by atoms with Crippen molar-refractivity contribution in [3.05, 3.63) is 60.6 Å². The van der Waals surface area contributed by atoms with E-state index in [1.165, 1.54) is 0 Å². The van der Waals surface area contributed by atoms with Crippen LogP contribution in [0.5, 0.6) is 11.6 Å². The van der Waals surface area contributed by atoms with Crippen LogP contribution in [-0.4, -0.2) is 46.3 Å². The summed E-state index contributed by atoms with van der Waals surface area (Å²) in [5, 5.41) is 10.6. The molecule has 0 bridgehead atoms. The zero-order valence-corrected chi connectivity index (χ0v) is 19.0. The molecule has 0 atom stereocenters. The van der Waals surface area contributed by atoms with Crippen LogP contribution in [0.4, 0.5) is 11.6 Å². The molecule has 9 heteroatoms. The molecule has 170 valence electrons. The maximum atomic E-state index is 12.3. The van der Waals surface area contributed by atoms with Gasteiger partial charge >= 0.3 is 0 Å². The van der Waals surface area contributed by atoms with Crippen molar-refractivity contribution in [2.45, 2.75) is 13.8 Å². The molecule has 0 spiro atoms. The summed E-state index contributed by atoms with van der Waals surface area (Å²) in [5.74, 6) is 2.33. The van der Waals surface area contributed by atoms with Gasteiger partial charge in [0.1, 0.15) is 11.5 Å². The minimum Gasteiger partial charge on any atom is -0.491 e. The van der Waals surface area contributed by atoms with Gasteiger partial charge in [0, 0.05) is 30.6 Å². The van der Waals surface area contributed by atoms with Crippen molar-refractivity contribution < 1.29 is 14.3 Å². The minimum atomic E-state index is -0.199. The van der Waals surface area contributed by atoms with Crippen molar-refractivity contribution in [1.29, 1.82) is 0 Å². The van der Waals surface area contributed by atoms with Gasteiger partial charge in [-0.3, -0.25) is 4.79 Å². The van der Waals surface area contributed by atoms with E-state index in [4.69, 9.17) is 9.47 Å². The predicted molar refractivity (Wildman–Crippen MR) is 126 cm³/mol. The molecule has 9 nitrogen and oxygen atoms in total. The molecule has 0 saturated carbocycles. The van der Waals surface area contributed by atoms with E-state index in [9.17, 15) is 4.79 Å². The lowest BCUT2D eigenvalue weighted by molar-refractivity contribution is 0.0944. The Morgan fingerprint density at radius 3 is 2.67 bits per heavy atom. The predicted octanol–water partition coefficient (Wildman–Crippen LogP) is 3.94. The summed E-state index contributed by atoms with van der Waals surface area (Å²) in [7, 11) is 3.14. The second-order valence-electron chi connectivity index (χ2n) is 7.89. The summed E-state index contributed by atoms with van der Waals surface area (Å²) in [6.07, 6.45) is 3.61. The summed E-state index contributed by atoms with van der Waals surface area (Å²) in [6.45, 7) is 4.69. The third-order valence-corrected chi connectivity index (χ3v) is 4.94. The van der Waals surface area contributed by atoms with Gasteiger partial charge in [0.05, 0.1) is 19.7 Å². The largest absolute Gasteiger partial charge is 0.491 e. The minimum absolute atomic E-state index is 0.199. The Labute approximate surface area is 191 Å². The Kier molecular flexibility index (Phi) is 6.39. The van der Waals surface area contributed by atoms with Gasteiger partial charge in [0.25, 0.3) is 11.8 Å². The molecule has 0 aliphatic rings. The number of nitrogens with one attached hydrogen (secondary N) is 2. The topological polar surface area (TPSA) is 103 Å². The Morgan fingerprint density at radius 2 is 1.91 bits per heavy atom. The van der Waals surface area contributed by atoms with Gasteiger partial charge in [-0.1, -0.05) is 19.9 Å². The number of anilines is 2. The summed E-state index contributed by atoms with van der Waals surface area (Å²) < 4.78 is 12.3. The van der Waals surface area contributed by atoms with Gasteiger partial charge in [-0.2, -0.15) is 5.10 Å². The fourth-order valence-electron chi connectivity index (χ4n) is 3.27. The number of nitrogens with zero attached hydrogens (tertiary/aromatic N) is 4. The average molecular weight is 447 g/mol. The van der Waals surface area contributed by atoms with Crippen molar-refractivity contribution >= 4 is 23.1 Å².